The second-order valence-electron chi connectivity index (χ2n) is 4.65. The molecule has 0 spiro atoms. The van der Waals surface area contributed by atoms with Crippen LogP contribution in [-0.2, 0) is 4.79 Å². The summed E-state index contributed by atoms with van der Waals surface area (Å²) in [7, 11) is 0. The normalized spacial score (nSPS) is 29.6. The van der Waals surface area contributed by atoms with E-state index in [-0.39, 0.29) is 17.4 Å². The molecule has 1 amide bonds. The van der Waals surface area contributed by atoms with Gasteiger partial charge in [0.2, 0.25) is 5.91 Å². The van der Waals surface area contributed by atoms with Gasteiger partial charge in [0.05, 0.1) is 6.10 Å². The molecule has 0 aromatic heterocycles. The van der Waals surface area contributed by atoms with Crippen molar-refractivity contribution in [2.24, 2.45) is 11.1 Å². The Bertz CT molecular complexity index is 216. The molecule has 1 aliphatic carbocycles. The summed E-state index contributed by atoms with van der Waals surface area (Å²) in [6, 6.07) is 0.366. The Hall–Kier alpha value is -0.610. The van der Waals surface area contributed by atoms with E-state index in [0.29, 0.717) is 12.5 Å². The van der Waals surface area contributed by atoms with Gasteiger partial charge in [-0.3, -0.25) is 4.79 Å². The number of primary amides is 1. The molecule has 0 aromatic carbocycles. The van der Waals surface area contributed by atoms with Gasteiger partial charge >= 0.3 is 0 Å². The zero-order valence-electron chi connectivity index (χ0n) is 8.92. The van der Waals surface area contributed by atoms with E-state index < -0.39 is 0 Å². The van der Waals surface area contributed by atoms with E-state index in [1.54, 1.807) is 0 Å². The number of nitrogens with two attached hydrogens (primary N) is 1. The minimum absolute atomic E-state index is 0.0350. The van der Waals surface area contributed by atoms with Gasteiger partial charge in [-0.05, 0) is 19.4 Å². The number of rotatable bonds is 5. The van der Waals surface area contributed by atoms with Gasteiger partial charge in [-0.25, -0.2) is 0 Å². The molecule has 14 heavy (non-hydrogen) atoms. The van der Waals surface area contributed by atoms with Gasteiger partial charge in [-0.15, -0.1) is 0 Å². The van der Waals surface area contributed by atoms with Gasteiger partial charge in [-0.2, -0.15) is 0 Å². The van der Waals surface area contributed by atoms with Crippen LogP contribution in [0.1, 0.15) is 33.1 Å². The summed E-state index contributed by atoms with van der Waals surface area (Å²) in [6.45, 7) is 4.89. The molecule has 1 aliphatic rings. The van der Waals surface area contributed by atoms with Gasteiger partial charge in [0, 0.05) is 17.9 Å². The number of aliphatic hydroxyl groups is 1. The lowest BCUT2D eigenvalue weighted by atomic mass is 9.64. The molecular weight excluding hydrogens is 180 g/mol. The summed E-state index contributed by atoms with van der Waals surface area (Å²) in [5, 5.41) is 12.8. The second kappa shape index (κ2) is 4.28. The van der Waals surface area contributed by atoms with Crippen LogP contribution in [0.4, 0.5) is 0 Å². The van der Waals surface area contributed by atoms with Crippen molar-refractivity contribution >= 4 is 5.91 Å². The van der Waals surface area contributed by atoms with Crippen LogP contribution in [0, 0.1) is 5.41 Å². The Morgan fingerprint density at radius 3 is 2.71 bits per heavy atom. The Balaban J connectivity index is 2.12. The van der Waals surface area contributed by atoms with Crippen LogP contribution < -0.4 is 11.1 Å². The minimum Gasteiger partial charge on any atom is -0.392 e. The summed E-state index contributed by atoms with van der Waals surface area (Å²) in [6.07, 6.45) is 1.82. The highest BCUT2D eigenvalue weighted by Crippen LogP contribution is 2.40. The lowest BCUT2D eigenvalue weighted by Gasteiger charge is -2.49. The van der Waals surface area contributed by atoms with Crippen molar-refractivity contribution in [2.75, 3.05) is 6.54 Å². The van der Waals surface area contributed by atoms with E-state index >= 15 is 0 Å². The van der Waals surface area contributed by atoms with Crippen molar-refractivity contribution in [1.82, 2.24) is 5.32 Å². The molecule has 2 unspecified atom stereocenters. The second-order valence-corrected chi connectivity index (χ2v) is 4.65. The van der Waals surface area contributed by atoms with Crippen molar-refractivity contribution in [2.45, 2.75) is 45.3 Å². The molecule has 0 heterocycles. The third kappa shape index (κ3) is 2.45. The molecule has 1 fully saturated rings. The third-order valence-electron chi connectivity index (χ3n) is 3.21. The summed E-state index contributed by atoms with van der Waals surface area (Å²) < 4.78 is 0. The fraction of sp³-hybridized carbons (Fsp3) is 0.900. The predicted molar refractivity (Wildman–Crippen MR) is 54.6 cm³/mol. The topological polar surface area (TPSA) is 75.3 Å². The van der Waals surface area contributed by atoms with E-state index in [1.165, 1.54) is 0 Å². The maximum Gasteiger partial charge on any atom is 0.217 e. The van der Waals surface area contributed by atoms with Gasteiger partial charge < -0.3 is 16.2 Å². The highest BCUT2D eigenvalue weighted by atomic mass is 16.3. The molecule has 2 atom stereocenters. The van der Waals surface area contributed by atoms with E-state index in [9.17, 15) is 9.90 Å². The van der Waals surface area contributed by atoms with Gasteiger partial charge in [-0.1, -0.05) is 13.8 Å². The summed E-state index contributed by atoms with van der Waals surface area (Å²) in [5.41, 5.74) is 4.99. The number of hydrogen-bond acceptors (Lipinski definition) is 3. The van der Waals surface area contributed by atoms with Crippen LogP contribution in [0.2, 0.25) is 0 Å². The monoisotopic (exact) mass is 200 g/mol. The van der Waals surface area contributed by atoms with Crippen LogP contribution in [0.15, 0.2) is 0 Å². The first-order valence-electron chi connectivity index (χ1n) is 5.14. The van der Waals surface area contributed by atoms with Crippen molar-refractivity contribution in [1.29, 1.82) is 0 Å². The van der Waals surface area contributed by atoms with Crippen LogP contribution in [0.3, 0.4) is 0 Å². The molecule has 4 N–H and O–H groups in total. The van der Waals surface area contributed by atoms with Crippen LogP contribution in [0.25, 0.3) is 0 Å². The predicted octanol–water partition coefficient (Wildman–Crippen LogP) is 0.000900. The fourth-order valence-corrected chi connectivity index (χ4v) is 1.79. The van der Waals surface area contributed by atoms with Crippen molar-refractivity contribution < 1.29 is 9.90 Å². The lowest BCUT2D eigenvalue weighted by molar-refractivity contribution is -0.118. The Labute approximate surface area is 84.9 Å². The van der Waals surface area contributed by atoms with Gasteiger partial charge in [0.1, 0.15) is 0 Å². The average Bonchev–Trinajstić information content (AvgIpc) is 2.10. The number of hydrogen-bond donors (Lipinski definition) is 3. The summed E-state index contributed by atoms with van der Waals surface area (Å²) in [4.78, 5) is 10.5. The molecule has 4 heteroatoms. The molecule has 0 saturated heterocycles. The van der Waals surface area contributed by atoms with E-state index in [4.69, 9.17) is 5.73 Å². The molecule has 82 valence electrons. The van der Waals surface area contributed by atoms with Gasteiger partial charge in [0.25, 0.3) is 0 Å². The molecule has 0 bridgehead atoms. The third-order valence-corrected chi connectivity index (χ3v) is 3.21. The SMILES string of the molecule is CC1(C)C(O)CC1NCCCC(N)=O. The van der Waals surface area contributed by atoms with Crippen molar-refractivity contribution in [3.8, 4) is 0 Å². The highest BCUT2D eigenvalue weighted by molar-refractivity contribution is 5.73. The number of amides is 1. The zero-order chi connectivity index (χ0) is 10.8. The van der Waals surface area contributed by atoms with E-state index in [0.717, 1.165) is 19.4 Å². The Morgan fingerprint density at radius 2 is 2.29 bits per heavy atom. The van der Waals surface area contributed by atoms with Crippen molar-refractivity contribution in [3.05, 3.63) is 0 Å². The van der Waals surface area contributed by atoms with Crippen molar-refractivity contribution in [3.63, 3.8) is 0 Å². The van der Waals surface area contributed by atoms with E-state index in [2.05, 4.69) is 5.32 Å². The summed E-state index contributed by atoms with van der Waals surface area (Å²) in [5.74, 6) is -0.250. The first-order chi connectivity index (χ1) is 6.44. The summed E-state index contributed by atoms with van der Waals surface area (Å²) >= 11 is 0. The van der Waals surface area contributed by atoms with Crippen LogP contribution >= 0.6 is 0 Å². The highest BCUT2D eigenvalue weighted by Gasteiger charge is 2.46. The molecule has 4 nitrogen and oxygen atoms in total. The fourth-order valence-electron chi connectivity index (χ4n) is 1.79. The Morgan fingerprint density at radius 1 is 1.64 bits per heavy atom. The minimum atomic E-state index is -0.250. The number of carbonyl (C=O) groups excluding carboxylic acids is 1. The molecule has 0 radical (unpaired) electrons. The molecule has 0 aromatic rings. The first-order valence-corrected chi connectivity index (χ1v) is 5.14. The van der Waals surface area contributed by atoms with Crippen LogP contribution in [-0.4, -0.2) is 29.7 Å². The standard InChI is InChI=1S/C10H20N2O2/c1-10(2)7(6-8(10)13)12-5-3-4-9(11)14/h7-8,12-13H,3-6H2,1-2H3,(H2,11,14). The largest absolute Gasteiger partial charge is 0.392 e. The number of nitrogens with one attached hydrogen (secondary N) is 1. The van der Waals surface area contributed by atoms with E-state index in [1.807, 2.05) is 13.8 Å². The maximum atomic E-state index is 10.5. The smallest absolute Gasteiger partial charge is 0.217 e. The van der Waals surface area contributed by atoms with Crippen LogP contribution in [0.5, 0.6) is 0 Å². The average molecular weight is 200 g/mol. The lowest BCUT2D eigenvalue weighted by Crippen LogP contribution is -2.60. The molecule has 1 saturated carbocycles. The number of aliphatic hydroxyl groups excluding tert-OH is 1. The number of carbonyl (C=O) groups is 1. The molecular formula is C10H20N2O2. The molecule has 0 aliphatic heterocycles. The zero-order valence-corrected chi connectivity index (χ0v) is 8.92. The van der Waals surface area contributed by atoms with Gasteiger partial charge in [0.15, 0.2) is 0 Å². The Kier molecular flexibility index (Phi) is 3.50. The maximum absolute atomic E-state index is 10.5. The molecule has 1 rings (SSSR count). The quantitative estimate of drug-likeness (QED) is 0.547. The first kappa shape index (κ1) is 11.5.